The summed E-state index contributed by atoms with van der Waals surface area (Å²) < 4.78 is 29.2. The number of anilines is 1. The van der Waals surface area contributed by atoms with Gasteiger partial charge in [-0.1, -0.05) is 16.8 Å². The van der Waals surface area contributed by atoms with Crippen LogP contribution in [0.15, 0.2) is 71.3 Å². The number of methoxy groups -OCH3 is 1. The fraction of sp³-hybridized carbons (Fsp3) is 0.0870. The molecular formula is C23H17ClFN3O4. The minimum absolute atomic E-state index is 0.0736. The van der Waals surface area contributed by atoms with Gasteiger partial charge >= 0.3 is 0 Å². The van der Waals surface area contributed by atoms with Crippen LogP contribution in [0, 0.1) is 5.82 Å². The zero-order valence-corrected chi connectivity index (χ0v) is 17.6. The number of hydrogen-bond acceptors (Lipinski definition) is 6. The van der Waals surface area contributed by atoms with E-state index in [0.29, 0.717) is 28.7 Å². The fourth-order valence-electron chi connectivity index (χ4n) is 2.81. The molecule has 4 aromatic rings. The Hall–Kier alpha value is -3.91. The van der Waals surface area contributed by atoms with Crippen molar-refractivity contribution in [1.29, 1.82) is 0 Å². The Labute approximate surface area is 187 Å². The Kier molecular flexibility index (Phi) is 6.32. The monoisotopic (exact) mass is 453 g/mol. The van der Waals surface area contributed by atoms with E-state index in [1.54, 1.807) is 31.4 Å². The maximum atomic E-state index is 13.2. The van der Waals surface area contributed by atoms with Gasteiger partial charge in [0, 0.05) is 16.8 Å². The van der Waals surface area contributed by atoms with Crippen molar-refractivity contribution >= 4 is 23.2 Å². The maximum absolute atomic E-state index is 13.2. The second-order valence-electron chi connectivity index (χ2n) is 6.64. The third kappa shape index (κ3) is 5.04. The first-order valence-corrected chi connectivity index (χ1v) is 9.86. The predicted octanol–water partition coefficient (Wildman–Crippen LogP) is 5.22. The lowest BCUT2D eigenvalue weighted by Gasteiger charge is -2.08. The SMILES string of the molecule is COc1ccc(-c2noc(-c3ccc(OCC(=O)Nc4ccc(F)c(Cl)c4)cc3)n2)cc1. The van der Waals surface area contributed by atoms with Gasteiger partial charge in [-0.05, 0) is 66.7 Å². The number of nitrogens with one attached hydrogen (secondary N) is 1. The van der Waals surface area contributed by atoms with Crippen molar-refractivity contribution in [2.24, 2.45) is 0 Å². The van der Waals surface area contributed by atoms with Gasteiger partial charge in [0.05, 0.1) is 12.1 Å². The highest BCUT2D eigenvalue weighted by Gasteiger charge is 2.12. The highest BCUT2D eigenvalue weighted by atomic mass is 35.5. The van der Waals surface area contributed by atoms with Crippen LogP contribution in [0.2, 0.25) is 5.02 Å². The van der Waals surface area contributed by atoms with Gasteiger partial charge in [0.2, 0.25) is 5.82 Å². The molecule has 1 amide bonds. The molecule has 0 spiro atoms. The Balaban J connectivity index is 1.35. The van der Waals surface area contributed by atoms with Crippen LogP contribution in [0.5, 0.6) is 11.5 Å². The number of benzene rings is 3. The zero-order chi connectivity index (χ0) is 22.5. The van der Waals surface area contributed by atoms with Crippen LogP contribution in [-0.4, -0.2) is 29.8 Å². The third-order valence-corrected chi connectivity index (χ3v) is 4.74. The van der Waals surface area contributed by atoms with E-state index in [2.05, 4.69) is 15.5 Å². The van der Waals surface area contributed by atoms with Gasteiger partial charge in [0.25, 0.3) is 11.8 Å². The van der Waals surface area contributed by atoms with Gasteiger partial charge in [-0.2, -0.15) is 4.98 Å². The Morgan fingerprint density at radius 1 is 1.03 bits per heavy atom. The average molecular weight is 454 g/mol. The number of carbonyl (C=O) groups is 1. The molecule has 0 aliphatic rings. The highest BCUT2D eigenvalue weighted by Crippen LogP contribution is 2.25. The molecule has 162 valence electrons. The quantitative estimate of drug-likeness (QED) is 0.412. The number of ether oxygens (including phenoxy) is 2. The molecule has 0 atom stereocenters. The summed E-state index contributed by atoms with van der Waals surface area (Å²) in [7, 11) is 1.60. The Morgan fingerprint density at radius 2 is 1.72 bits per heavy atom. The third-order valence-electron chi connectivity index (χ3n) is 4.45. The van der Waals surface area contributed by atoms with Crippen LogP contribution in [0.25, 0.3) is 22.8 Å². The molecule has 0 aliphatic heterocycles. The predicted molar refractivity (Wildman–Crippen MR) is 117 cm³/mol. The molecule has 1 aromatic heterocycles. The molecular weight excluding hydrogens is 437 g/mol. The van der Waals surface area contributed by atoms with Gasteiger partial charge < -0.3 is 19.3 Å². The van der Waals surface area contributed by atoms with Crippen molar-refractivity contribution in [3.05, 3.63) is 77.6 Å². The van der Waals surface area contributed by atoms with Gasteiger partial charge in [-0.15, -0.1) is 0 Å². The van der Waals surface area contributed by atoms with Crippen molar-refractivity contribution in [3.63, 3.8) is 0 Å². The van der Waals surface area contributed by atoms with Gasteiger partial charge in [-0.3, -0.25) is 4.79 Å². The molecule has 0 fully saturated rings. The molecule has 0 saturated heterocycles. The molecule has 1 N–H and O–H groups in total. The van der Waals surface area contributed by atoms with Gasteiger partial charge in [-0.25, -0.2) is 4.39 Å². The minimum Gasteiger partial charge on any atom is -0.497 e. The molecule has 0 saturated carbocycles. The maximum Gasteiger partial charge on any atom is 0.262 e. The summed E-state index contributed by atoms with van der Waals surface area (Å²) in [6, 6.07) is 18.1. The van der Waals surface area contributed by atoms with E-state index in [1.165, 1.54) is 18.2 Å². The van der Waals surface area contributed by atoms with E-state index >= 15 is 0 Å². The molecule has 9 heteroatoms. The fourth-order valence-corrected chi connectivity index (χ4v) is 2.99. The van der Waals surface area contributed by atoms with Crippen LogP contribution in [-0.2, 0) is 4.79 Å². The summed E-state index contributed by atoms with van der Waals surface area (Å²) in [5, 5.41) is 6.52. The van der Waals surface area contributed by atoms with Crippen LogP contribution in [0.3, 0.4) is 0 Å². The van der Waals surface area contributed by atoms with Crippen LogP contribution in [0.4, 0.5) is 10.1 Å². The van der Waals surface area contributed by atoms with Crippen molar-refractivity contribution in [1.82, 2.24) is 10.1 Å². The molecule has 4 rings (SSSR count). The molecule has 0 unspecified atom stereocenters. The van der Waals surface area contributed by atoms with E-state index in [0.717, 1.165) is 11.3 Å². The summed E-state index contributed by atoms with van der Waals surface area (Å²) in [5.74, 6) is 1.07. The number of amides is 1. The van der Waals surface area contributed by atoms with Crippen LogP contribution in [0.1, 0.15) is 0 Å². The summed E-state index contributed by atoms with van der Waals surface area (Å²) in [6.07, 6.45) is 0. The first kappa shape index (κ1) is 21.3. The molecule has 0 bridgehead atoms. The number of aromatic nitrogens is 2. The lowest BCUT2D eigenvalue weighted by Crippen LogP contribution is -2.20. The molecule has 0 radical (unpaired) electrons. The van der Waals surface area contributed by atoms with E-state index < -0.39 is 11.7 Å². The second-order valence-corrected chi connectivity index (χ2v) is 7.05. The first-order valence-electron chi connectivity index (χ1n) is 9.48. The number of nitrogens with zero attached hydrogens (tertiary/aromatic N) is 2. The zero-order valence-electron chi connectivity index (χ0n) is 16.8. The van der Waals surface area contributed by atoms with Crippen molar-refractivity contribution in [2.45, 2.75) is 0 Å². The van der Waals surface area contributed by atoms with Crippen LogP contribution >= 0.6 is 11.6 Å². The average Bonchev–Trinajstić information content (AvgIpc) is 3.31. The summed E-state index contributed by atoms with van der Waals surface area (Å²) in [4.78, 5) is 16.4. The summed E-state index contributed by atoms with van der Waals surface area (Å²) >= 11 is 5.70. The molecule has 0 aliphatic carbocycles. The molecule has 7 nitrogen and oxygen atoms in total. The van der Waals surface area contributed by atoms with Gasteiger partial charge in [0.15, 0.2) is 6.61 Å². The molecule has 3 aromatic carbocycles. The number of rotatable bonds is 7. The largest absolute Gasteiger partial charge is 0.497 e. The summed E-state index contributed by atoms with van der Waals surface area (Å²) in [5.41, 5.74) is 1.88. The minimum atomic E-state index is -0.557. The van der Waals surface area contributed by atoms with Crippen molar-refractivity contribution in [3.8, 4) is 34.3 Å². The second kappa shape index (κ2) is 9.49. The van der Waals surface area contributed by atoms with Crippen LogP contribution < -0.4 is 14.8 Å². The van der Waals surface area contributed by atoms with E-state index in [1.807, 2.05) is 24.3 Å². The standard InChI is InChI=1S/C23H17ClFN3O4/c1-30-17-7-2-14(3-8-17)22-27-23(32-28-22)15-4-9-18(10-5-15)31-13-21(29)26-16-6-11-20(25)19(24)12-16/h2-12H,13H2,1H3,(H,26,29). The summed E-state index contributed by atoms with van der Waals surface area (Å²) in [6.45, 7) is -0.226. The van der Waals surface area contributed by atoms with Crippen molar-refractivity contribution in [2.75, 3.05) is 19.0 Å². The number of carbonyl (C=O) groups excluding carboxylic acids is 1. The van der Waals surface area contributed by atoms with Crippen molar-refractivity contribution < 1.29 is 23.2 Å². The van der Waals surface area contributed by atoms with E-state index in [-0.39, 0.29) is 11.6 Å². The molecule has 32 heavy (non-hydrogen) atoms. The van der Waals surface area contributed by atoms with Gasteiger partial charge in [0.1, 0.15) is 17.3 Å². The lowest BCUT2D eigenvalue weighted by atomic mass is 10.2. The molecule has 1 heterocycles. The van der Waals surface area contributed by atoms with E-state index in [9.17, 15) is 9.18 Å². The first-order chi connectivity index (χ1) is 15.5. The number of hydrogen-bond donors (Lipinski definition) is 1. The Bertz CT molecular complexity index is 1230. The highest BCUT2D eigenvalue weighted by molar-refractivity contribution is 6.31. The normalized spacial score (nSPS) is 10.6. The number of halogens is 2. The lowest BCUT2D eigenvalue weighted by molar-refractivity contribution is -0.118. The van der Waals surface area contributed by atoms with E-state index in [4.69, 9.17) is 25.6 Å². The topological polar surface area (TPSA) is 86.5 Å². The Morgan fingerprint density at radius 3 is 2.41 bits per heavy atom. The smallest absolute Gasteiger partial charge is 0.262 e.